The third kappa shape index (κ3) is 4.32. The fourth-order valence-electron chi connectivity index (χ4n) is 3.63. The van der Waals surface area contributed by atoms with Crippen LogP contribution in [0.2, 0.25) is 5.04 Å². The van der Waals surface area contributed by atoms with Crippen LogP contribution in [0, 0.1) is 0 Å². The van der Waals surface area contributed by atoms with Crippen molar-refractivity contribution in [1.82, 2.24) is 0 Å². The first-order valence-corrected chi connectivity index (χ1v) is 11.4. The van der Waals surface area contributed by atoms with E-state index < -0.39 is 8.32 Å². The van der Waals surface area contributed by atoms with Crippen LogP contribution in [-0.4, -0.2) is 21.5 Å². The van der Waals surface area contributed by atoms with Gasteiger partial charge < -0.3 is 9.16 Å². The van der Waals surface area contributed by atoms with Gasteiger partial charge in [0.1, 0.15) is 12.4 Å². The Kier molecular flexibility index (Phi) is 6.14. The van der Waals surface area contributed by atoms with E-state index in [-0.39, 0.29) is 5.04 Å². The van der Waals surface area contributed by atoms with Crippen LogP contribution in [0.4, 0.5) is 0 Å². The molecule has 0 aliphatic heterocycles. The predicted molar refractivity (Wildman–Crippen MR) is 116 cm³/mol. The summed E-state index contributed by atoms with van der Waals surface area (Å²) in [7, 11) is -2.47. The zero-order valence-electron chi connectivity index (χ0n) is 16.4. The summed E-state index contributed by atoms with van der Waals surface area (Å²) in [5, 5.41) is 2.58. The number of hydrogen-bond donors (Lipinski definition) is 0. The monoisotopic (exact) mass is 376 g/mol. The SMILES string of the molecule is CC(C)(C)[Si](OCCOc1ccccc1)(c1ccccc1)c1ccccc1. The number of benzene rings is 3. The van der Waals surface area contributed by atoms with Crippen molar-refractivity contribution in [2.45, 2.75) is 25.8 Å². The molecule has 0 atom stereocenters. The van der Waals surface area contributed by atoms with Crippen molar-refractivity contribution >= 4 is 18.7 Å². The second-order valence-corrected chi connectivity index (χ2v) is 12.0. The Morgan fingerprint density at radius 2 is 1.07 bits per heavy atom. The van der Waals surface area contributed by atoms with E-state index in [0.29, 0.717) is 13.2 Å². The van der Waals surface area contributed by atoms with Gasteiger partial charge in [-0.25, -0.2) is 0 Å². The highest BCUT2D eigenvalue weighted by atomic mass is 28.4. The summed E-state index contributed by atoms with van der Waals surface area (Å²) in [5.74, 6) is 0.878. The van der Waals surface area contributed by atoms with E-state index in [4.69, 9.17) is 9.16 Å². The summed E-state index contributed by atoms with van der Waals surface area (Å²) in [6.07, 6.45) is 0. The van der Waals surface area contributed by atoms with Crippen LogP contribution in [0.5, 0.6) is 5.75 Å². The van der Waals surface area contributed by atoms with Crippen molar-refractivity contribution in [3.8, 4) is 5.75 Å². The third-order valence-corrected chi connectivity index (χ3v) is 9.87. The molecular formula is C24H28O2Si. The van der Waals surface area contributed by atoms with Crippen molar-refractivity contribution in [3.63, 3.8) is 0 Å². The summed E-state index contributed by atoms with van der Waals surface area (Å²) in [4.78, 5) is 0. The number of para-hydroxylation sites is 1. The molecule has 0 unspecified atom stereocenters. The summed E-state index contributed by atoms with van der Waals surface area (Å²) in [6.45, 7) is 7.96. The van der Waals surface area contributed by atoms with Crippen LogP contribution in [0.1, 0.15) is 20.8 Å². The normalized spacial score (nSPS) is 12.0. The predicted octanol–water partition coefficient (Wildman–Crippen LogP) is 4.64. The first-order valence-electron chi connectivity index (χ1n) is 9.47. The van der Waals surface area contributed by atoms with Gasteiger partial charge in [-0.15, -0.1) is 0 Å². The molecule has 0 radical (unpaired) electrons. The van der Waals surface area contributed by atoms with Gasteiger partial charge in [0.05, 0.1) is 6.61 Å². The molecule has 0 N–H and O–H groups in total. The molecule has 0 amide bonds. The van der Waals surface area contributed by atoms with Crippen LogP contribution in [0.15, 0.2) is 91.0 Å². The Bertz CT molecular complexity index is 772. The molecule has 3 aromatic rings. The average molecular weight is 377 g/mol. The van der Waals surface area contributed by atoms with Gasteiger partial charge in [-0.3, -0.25) is 0 Å². The summed E-state index contributed by atoms with van der Waals surface area (Å²) in [6, 6.07) is 31.3. The lowest BCUT2D eigenvalue weighted by molar-refractivity contribution is 0.208. The van der Waals surface area contributed by atoms with Crippen molar-refractivity contribution in [2.75, 3.05) is 13.2 Å². The third-order valence-electron chi connectivity index (χ3n) is 4.83. The zero-order valence-corrected chi connectivity index (χ0v) is 17.4. The van der Waals surface area contributed by atoms with Gasteiger partial charge in [-0.2, -0.15) is 0 Å². The fourth-order valence-corrected chi connectivity index (χ4v) is 8.18. The quantitative estimate of drug-likeness (QED) is 0.442. The Hall–Kier alpha value is -2.36. The van der Waals surface area contributed by atoms with Gasteiger partial charge in [-0.1, -0.05) is 99.6 Å². The largest absolute Gasteiger partial charge is 0.491 e. The second-order valence-electron chi connectivity index (χ2n) is 7.67. The van der Waals surface area contributed by atoms with Crippen molar-refractivity contribution in [1.29, 1.82) is 0 Å². The number of ether oxygens (including phenoxy) is 1. The highest BCUT2D eigenvalue weighted by Gasteiger charge is 2.50. The first-order chi connectivity index (χ1) is 13.0. The van der Waals surface area contributed by atoms with Crippen molar-refractivity contribution in [2.24, 2.45) is 0 Å². The molecule has 0 aromatic heterocycles. The van der Waals surface area contributed by atoms with Crippen LogP contribution in [0.25, 0.3) is 0 Å². The maximum Gasteiger partial charge on any atom is 0.261 e. The number of hydrogen-bond acceptors (Lipinski definition) is 2. The van der Waals surface area contributed by atoms with Gasteiger partial charge in [0, 0.05) is 0 Å². The van der Waals surface area contributed by atoms with Gasteiger partial charge in [0.25, 0.3) is 8.32 Å². The van der Waals surface area contributed by atoms with E-state index in [9.17, 15) is 0 Å². The Morgan fingerprint density at radius 3 is 1.52 bits per heavy atom. The van der Waals surface area contributed by atoms with E-state index >= 15 is 0 Å². The lowest BCUT2D eigenvalue weighted by atomic mass is 10.2. The molecule has 0 saturated heterocycles. The Balaban J connectivity index is 1.89. The van der Waals surface area contributed by atoms with Crippen LogP contribution < -0.4 is 15.1 Å². The van der Waals surface area contributed by atoms with Gasteiger partial charge >= 0.3 is 0 Å². The van der Waals surface area contributed by atoms with E-state index in [1.165, 1.54) is 10.4 Å². The lowest BCUT2D eigenvalue weighted by Gasteiger charge is -2.43. The molecule has 2 nitrogen and oxygen atoms in total. The van der Waals surface area contributed by atoms with Crippen molar-refractivity contribution in [3.05, 3.63) is 91.0 Å². The maximum absolute atomic E-state index is 6.80. The first kappa shape index (κ1) is 19.4. The van der Waals surface area contributed by atoms with E-state index in [2.05, 4.69) is 81.4 Å². The molecule has 3 rings (SSSR count). The van der Waals surface area contributed by atoms with Crippen LogP contribution in [0.3, 0.4) is 0 Å². The molecule has 0 heterocycles. The molecule has 0 spiro atoms. The minimum atomic E-state index is -2.47. The van der Waals surface area contributed by atoms with Gasteiger partial charge in [0.15, 0.2) is 0 Å². The highest BCUT2D eigenvalue weighted by molar-refractivity contribution is 6.99. The Morgan fingerprint density at radius 1 is 0.630 bits per heavy atom. The van der Waals surface area contributed by atoms with E-state index in [0.717, 1.165) is 5.75 Å². The molecule has 27 heavy (non-hydrogen) atoms. The zero-order chi connectivity index (χ0) is 19.2. The maximum atomic E-state index is 6.80. The van der Waals surface area contributed by atoms with Crippen molar-refractivity contribution < 1.29 is 9.16 Å². The molecule has 3 aromatic carbocycles. The molecule has 0 saturated carbocycles. The van der Waals surface area contributed by atoms with E-state index in [1.54, 1.807) is 0 Å². The average Bonchev–Trinajstić information content (AvgIpc) is 2.69. The highest BCUT2D eigenvalue weighted by Crippen LogP contribution is 2.36. The smallest absolute Gasteiger partial charge is 0.261 e. The second kappa shape index (κ2) is 8.55. The summed E-state index contributed by atoms with van der Waals surface area (Å²) < 4.78 is 12.7. The molecule has 0 aliphatic carbocycles. The standard InChI is InChI=1S/C24H28O2Si/c1-24(2,3)27(22-15-9-5-10-16-22,23-17-11-6-12-18-23)26-20-19-25-21-13-7-4-8-14-21/h4-18H,19-20H2,1-3H3. The minimum Gasteiger partial charge on any atom is -0.491 e. The summed E-state index contributed by atoms with van der Waals surface area (Å²) >= 11 is 0. The lowest BCUT2D eigenvalue weighted by Crippen LogP contribution is -2.66. The molecule has 0 fully saturated rings. The van der Waals surface area contributed by atoms with Gasteiger partial charge in [-0.05, 0) is 27.5 Å². The van der Waals surface area contributed by atoms with Gasteiger partial charge in [0.2, 0.25) is 0 Å². The molecular weight excluding hydrogens is 348 g/mol. The molecule has 140 valence electrons. The topological polar surface area (TPSA) is 18.5 Å². The summed E-state index contributed by atoms with van der Waals surface area (Å²) in [5.41, 5.74) is 0. The van der Waals surface area contributed by atoms with Crippen LogP contribution >= 0.6 is 0 Å². The Labute approximate surface area is 163 Å². The molecule has 3 heteroatoms. The van der Waals surface area contributed by atoms with E-state index in [1.807, 2.05) is 30.3 Å². The van der Waals surface area contributed by atoms with Crippen LogP contribution in [-0.2, 0) is 4.43 Å². The number of rotatable bonds is 7. The fraction of sp³-hybridized carbons (Fsp3) is 0.250. The molecule has 0 aliphatic rings. The minimum absolute atomic E-state index is 0.0115. The molecule has 0 bridgehead atoms.